The number of nitrogens with zero attached hydrogens (tertiary/aromatic N) is 2. The van der Waals surface area contributed by atoms with Gasteiger partial charge in [0.15, 0.2) is 5.96 Å². The van der Waals surface area contributed by atoms with Crippen LogP contribution in [0.1, 0.15) is 12.8 Å². The zero-order chi connectivity index (χ0) is 15.0. The Bertz CT molecular complexity index is 357. The Labute approximate surface area is 144 Å². The van der Waals surface area contributed by atoms with Gasteiger partial charge in [0.05, 0.1) is 12.6 Å². The minimum Gasteiger partial charge on any atom is -0.383 e. The highest BCUT2D eigenvalue weighted by Gasteiger charge is 2.31. The third kappa shape index (κ3) is 8.25. The highest BCUT2D eigenvalue weighted by Crippen LogP contribution is 2.32. The summed E-state index contributed by atoms with van der Waals surface area (Å²) in [5.74, 6) is 1.24. The molecule has 1 saturated carbocycles. The smallest absolute Gasteiger partial charge is 0.243 e. The van der Waals surface area contributed by atoms with Crippen molar-refractivity contribution in [1.29, 1.82) is 0 Å². The lowest BCUT2D eigenvalue weighted by atomic mass is 10.2. The van der Waals surface area contributed by atoms with Crippen molar-refractivity contribution in [1.82, 2.24) is 15.5 Å². The zero-order valence-corrected chi connectivity index (χ0v) is 15.4. The van der Waals surface area contributed by atoms with Crippen LogP contribution in [0.25, 0.3) is 0 Å². The van der Waals surface area contributed by atoms with Gasteiger partial charge in [-0.1, -0.05) is 6.08 Å². The molecule has 0 aliphatic heterocycles. The van der Waals surface area contributed by atoms with Crippen molar-refractivity contribution in [3.8, 4) is 0 Å². The molecule has 1 amide bonds. The molecule has 0 saturated heterocycles. The van der Waals surface area contributed by atoms with Crippen molar-refractivity contribution in [3.05, 3.63) is 12.7 Å². The van der Waals surface area contributed by atoms with Crippen molar-refractivity contribution >= 4 is 35.8 Å². The van der Waals surface area contributed by atoms with Crippen LogP contribution in [0.2, 0.25) is 0 Å². The van der Waals surface area contributed by atoms with E-state index < -0.39 is 0 Å². The molecule has 1 rings (SSSR count). The molecular formula is C14H27IN4O2. The Morgan fingerprint density at radius 1 is 1.52 bits per heavy atom. The monoisotopic (exact) mass is 410 g/mol. The summed E-state index contributed by atoms with van der Waals surface area (Å²) in [4.78, 5) is 17.4. The molecule has 1 aliphatic carbocycles. The summed E-state index contributed by atoms with van der Waals surface area (Å²) in [5, 5.41) is 6.47. The first-order valence-electron chi connectivity index (χ1n) is 6.93. The van der Waals surface area contributed by atoms with Gasteiger partial charge in [-0.05, 0) is 18.8 Å². The van der Waals surface area contributed by atoms with E-state index in [1.807, 2.05) is 0 Å². The fraction of sp³-hybridized carbons (Fsp3) is 0.714. The lowest BCUT2D eigenvalue weighted by Gasteiger charge is -2.20. The van der Waals surface area contributed by atoms with Gasteiger partial charge in [-0.25, -0.2) is 4.99 Å². The number of hydrogen-bond donors (Lipinski definition) is 2. The number of guanidine groups is 1. The van der Waals surface area contributed by atoms with E-state index in [-0.39, 0.29) is 42.5 Å². The number of amides is 1. The Morgan fingerprint density at radius 2 is 2.19 bits per heavy atom. The lowest BCUT2D eigenvalue weighted by Crippen LogP contribution is -2.47. The molecule has 2 N–H and O–H groups in total. The van der Waals surface area contributed by atoms with Gasteiger partial charge in [-0.2, -0.15) is 0 Å². The first-order valence-corrected chi connectivity index (χ1v) is 6.93. The highest BCUT2D eigenvalue weighted by molar-refractivity contribution is 14.0. The number of halogens is 1. The van der Waals surface area contributed by atoms with Crippen LogP contribution in [-0.2, 0) is 9.53 Å². The van der Waals surface area contributed by atoms with Crippen LogP contribution in [0.15, 0.2) is 17.6 Å². The number of aliphatic imine (C=N–C) groups is 1. The molecule has 0 aromatic heterocycles. The van der Waals surface area contributed by atoms with E-state index in [0.717, 1.165) is 0 Å². The van der Waals surface area contributed by atoms with Gasteiger partial charge in [0.1, 0.15) is 6.54 Å². The molecule has 0 radical (unpaired) electrons. The quantitative estimate of drug-likeness (QED) is 0.270. The van der Waals surface area contributed by atoms with E-state index >= 15 is 0 Å². The van der Waals surface area contributed by atoms with E-state index in [1.165, 1.54) is 17.7 Å². The number of likely N-dealkylation sites (N-methyl/N-ethyl adjacent to an activating group) is 1. The molecule has 21 heavy (non-hydrogen) atoms. The minimum atomic E-state index is -0.0283. The number of carbonyl (C=O) groups excluding carboxylic acids is 1. The Hall–Kier alpha value is -0.830. The summed E-state index contributed by atoms with van der Waals surface area (Å²) in [7, 11) is 5.14. The maximum absolute atomic E-state index is 11.6. The molecule has 1 aliphatic rings. The third-order valence-electron chi connectivity index (χ3n) is 3.14. The number of carbonyl (C=O) groups is 1. The lowest BCUT2D eigenvalue weighted by molar-refractivity contribution is -0.127. The van der Waals surface area contributed by atoms with Gasteiger partial charge in [0.2, 0.25) is 5.91 Å². The van der Waals surface area contributed by atoms with Gasteiger partial charge in [0, 0.05) is 27.7 Å². The largest absolute Gasteiger partial charge is 0.383 e. The van der Waals surface area contributed by atoms with Crippen LogP contribution >= 0.6 is 24.0 Å². The number of rotatable bonds is 8. The maximum Gasteiger partial charge on any atom is 0.243 e. The molecule has 6 nitrogen and oxygen atoms in total. The van der Waals surface area contributed by atoms with Gasteiger partial charge in [-0.3, -0.25) is 4.79 Å². The SMILES string of the molecule is C=CCNC(=NCC(=O)N(C)C)NC(COC)C1CC1.I. The van der Waals surface area contributed by atoms with Crippen molar-refractivity contribution < 1.29 is 9.53 Å². The molecule has 1 fully saturated rings. The Kier molecular flexibility index (Phi) is 10.4. The van der Waals surface area contributed by atoms with E-state index in [4.69, 9.17) is 4.74 Å². The van der Waals surface area contributed by atoms with Gasteiger partial charge < -0.3 is 20.3 Å². The van der Waals surface area contributed by atoms with Gasteiger partial charge in [0.25, 0.3) is 0 Å². The summed E-state index contributed by atoms with van der Waals surface area (Å²) in [5.41, 5.74) is 0. The molecule has 0 aromatic carbocycles. The molecule has 1 unspecified atom stereocenters. The van der Waals surface area contributed by atoms with Crippen LogP contribution in [0.5, 0.6) is 0 Å². The first kappa shape index (κ1) is 20.2. The van der Waals surface area contributed by atoms with Crippen molar-refractivity contribution in [2.45, 2.75) is 18.9 Å². The van der Waals surface area contributed by atoms with Gasteiger partial charge >= 0.3 is 0 Å². The topological polar surface area (TPSA) is 66.0 Å². The molecule has 7 heteroatoms. The second kappa shape index (κ2) is 10.8. The van der Waals surface area contributed by atoms with E-state index in [0.29, 0.717) is 25.0 Å². The summed E-state index contributed by atoms with van der Waals surface area (Å²) in [6.45, 7) is 5.05. The summed E-state index contributed by atoms with van der Waals surface area (Å²) in [6, 6.07) is 0.241. The number of nitrogens with one attached hydrogen (secondary N) is 2. The minimum absolute atomic E-state index is 0. The molecular weight excluding hydrogens is 383 g/mol. The molecule has 0 aromatic rings. The molecule has 1 atom stereocenters. The Morgan fingerprint density at radius 3 is 2.67 bits per heavy atom. The average Bonchev–Trinajstić information content (AvgIpc) is 3.24. The first-order chi connectivity index (χ1) is 9.58. The fourth-order valence-electron chi connectivity index (χ4n) is 1.76. The zero-order valence-electron chi connectivity index (χ0n) is 13.1. The van der Waals surface area contributed by atoms with Crippen LogP contribution in [0.3, 0.4) is 0 Å². The third-order valence-corrected chi connectivity index (χ3v) is 3.14. The predicted octanol–water partition coefficient (Wildman–Crippen LogP) is 0.839. The number of hydrogen-bond acceptors (Lipinski definition) is 3. The second-order valence-electron chi connectivity index (χ2n) is 5.17. The molecule has 0 spiro atoms. The molecule has 122 valence electrons. The molecule has 0 heterocycles. The van der Waals surface area contributed by atoms with Crippen LogP contribution in [-0.4, -0.2) is 63.7 Å². The van der Waals surface area contributed by atoms with Crippen LogP contribution in [0, 0.1) is 5.92 Å². The van der Waals surface area contributed by atoms with Crippen molar-refractivity contribution in [3.63, 3.8) is 0 Å². The Balaban J connectivity index is 0.00000400. The van der Waals surface area contributed by atoms with Crippen molar-refractivity contribution in [2.75, 3.05) is 40.9 Å². The van der Waals surface area contributed by atoms with Crippen molar-refractivity contribution in [2.24, 2.45) is 10.9 Å². The highest BCUT2D eigenvalue weighted by atomic mass is 127. The fourth-order valence-corrected chi connectivity index (χ4v) is 1.76. The normalized spacial score (nSPS) is 15.7. The van der Waals surface area contributed by atoms with E-state index in [1.54, 1.807) is 27.3 Å². The van der Waals surface area contributed by atoms with Crippen LogP contribution in [0.4, 0.5) is 0 Å². The summed E-state index contributed by atoms with van der Waals surface area (Å²) in [6.07, 6.45) is 4.19. The van der Waals surface area contributed by atoms with E-state index in [2.05, 4.69) is 22.2 Å². The van der Waals surface area contributed by atoms with Crippen LogP contribution < -0.4 is 10.6 Å². The predicted molar refractivity (Wildman–Crippen MR) is 96.1 cm³/mol. The summed E-state index contributed by atoms with van der Waals surface area (Å²) >= 11 is 0. The summed E-state index contributed by atoms with van der Waals surface area (Å²) < 4.78 is 5.23. The maximum atomic E-state index is 11.6. The average molecular weight is 410 g/mol. The number of methoxy groups -OCH3 is 1. The standard InChI is InChI=1S/C14H26N4O2.HI/c1-5-8-15-14(16-9-13(19)18(2)3)17-12(10-20-4)11-6-7-11;/h5,11-12H,1,6-10H2,2-4H3,(H2,15,16,17);1H. The second-order valence-corrected chi connectivity index (χ2v) is 5.17. The number of ether oxygens (including phenoxy) is 1. The van der Waals surface area contributed by atoms with E-state index in [9.17, 15) is 4.79 Å². The molecule has 0 bridgehead atoms. The van der Waals surface area contributed by atoms with Gasteiger partial charge in [-0.15, -0.1) is 30.6 Å².